The highest BCUT2D eigenvalue weighted by Crippen LogP contribution is 2.12. The molecular formula is C14H14F2N2O. The van der Waals surface area contributed by atoms with Crippen molar-refractivity contribution in [2.24, 2.45) is 7.05 Å². The first kappa shape index (κ1) is 13.4. The van der Waals surface area contributed by atoms with Crippen LogP contribution in [-0.2, 0) is 19.9 Å². The first-order valence-electron chi connectivity index (χ1n) is 6.01. The Morgan fingerprint density at radius 3 is 2.58 bits per heavy atom. The Morgan fingerprint density at radius 1 is 1.26 bits per heavy atom. The fourth-order valence-corrected chi connectivity index (χ4v) is 1.89. The molecule has 2 rings (SSSR count). The van der Waals surface area contributed by atoms with E-state index in [2.05, 4.69) is 5.10 Å². The third-order valence-corrected chi connectivity index (χ3v) is 2.93. The molecular weight excluding hydrogens is 250 g/mol. The third-order valence-electron chi connectivity index (χ3n) is 2.93. The zero-order valence-electron chi connectivity index (χ0n) is 10.8. The second-order valence-electron chi connectivity index (χ2n) is 4.35. The summed E-state index contributed by atoms with van der Waals surface area (Å²) in [4.78, 5) is 12.1. The molecule has 0 spiro atoms. The Labute approximate surface area is 109 Å². The minimum absolute atomic E-state index is 0.0277. The normalized spacial score (nSPS) is 10.7. The SMILES string of the molecule is CCc1cc(C(=O)Cc2ccc(F)c(F)c2)n(C)n1. The van der Waals surface area contributed by atoms with E-state index in [1.807, 2.05) is 6.92 Å². The molecule has 5 heteroatoms. The minimum atomic E-state index is -0.940. The standard InChI is InChI=1S/C14H14F2N2O/c1-3-10-8-13(18(2)17-10)14(19)7-9-4-5-11(15)12(16)6-9/h4-6,8H,3,7H2,1-2H3. The maximum atomic E-state index is 13.1. The highest BCUT2D eigenvalue weighted by molar-refractivity contribution is 5.96. The third kappa shape index (κ3) is 2.86. The van der Waals surface area contributed by atoms with Gasteiger partial charge in [0.2, 0.25) is 0 Å². The summed E-state index contributed by atoms with van der Waals surface area (Å²) in [6.07, 6.45) is 0.770. The lowest BCUT2D eigenvalue weighted by molar-refractivity contribution is 0.0984. The van der Waals surface area contributed by atoms with Crippen LogP contribution in [0.25, 0.3) is 0 Å². The number of Topliss-reactive ketones (excluding diaryl/α,β-unsaturated/α-hetero) is 1. The number of aryl methyl sites for hydroxylation is 2. The summed E-state index contributed by atoms with van der Waals surface area (Å²) in [6, 6.07) is 5.21. The molecule has 1 heterocycles. The average molecular weight is 264 g/mol. The van der Waals surface area contributed by atoms with Gasteiger partial charge in [0.25, 0.3) is 0 Å². The minimum Gasteiger partial charge on any atom is -0.292 e. The van der Waals surface area contributed by atoms with Crippen LogP contribution in [0.5, 0.6) is 0 Å². The predicted molar refractivity (Wildman–Crippen MR) is 67.0 cm³/mol. The Hall–Kier alpha value is -2.04. The zero-order valence-corrected chi connectivity index (χ0v) is 10.8. The summed E-state index contributed by atoms with van der Waals surface area (Å²) in [5, 5.41) is 4.19. The van der Waals surface area contributed by atoms with Gasteiger partial charge in [-0.2, -0.15) is 5.10 Å². The quantitative estimate of drug-likeness (QED) is 0.796. The lowest BCUT2D eigenvalue weighted by Crippen LogP contribution is -2.09. The molecule has 0 aliphatic carbocycles. The number of carbonyl (C=O) groups is 1. The number of nitrogens with zero attached hydrogens (tertiary/aromatic N) is 2. The summed E-state index contributed by atoms with van der Waals surface area (Å²) < 4.78 is 27.4. The largest absolute Gasteiger partial charge is 0.292 e. The lowest BCUT2D eigenvalue weighted by Gasteiger charge is -2.02. The van der Waals surface area contributed by atoms with E-state index in [1.54, 1.807) is 13.1 Å². The molecule has 0 aliphatic heterocycles. The summed E-state index contributed by atoms with van der Waals surface area (Å²) >= 11 is 0. The van der Waals surface area contributed by atoms with Gasteiger partial charge < -0.3 is 0 Å². The highest BCUT2D eigenvalue weighted by atomic mass is 19.2. The first-order valence-corrected chi connectivity index (χ1v) is 6.01. The molecule has 0 radical (unpaired) electrons. The van der Waals surface area contributed by atoms with E-state index in [0.717, 1.165) is 24.2 Å². The van der Waals surface area contributed by atoms with E-state index in [-0.39, 0.29) is 12.2 Å². The van der Waals surface area contributed by atoms with E-state index in [9.17, 15) is 13.6 Å². The van der Waals surface area contributed by atoms with Crippen molar-refractivity contribution in [1.29, 1.82) is 0 Å². The molecule has 19 heavy (non-hydrogen) atoms. The molecule has 0 unspecified atom stereocenters. The first-order chi connectivity index (χ1) is 9.01. The summed E-state index contributed by atoms with van der Waals surface area (Å²) in [7, 11) is 1.69. The van der Waals surface area contributed by atoms with E-state index in [1.165, 1.54) is 10.7 Å². The van der Waals surface area contributed by atoms with Crippen LogP contribution in [0.2, 0.25) is 0 Å². The van der Waals surface area contributed by atoms with Gasteiger partial charge in [-0.15, -0.1) is 0 Å². The van der Waals surface area contributed by atoms with Gasteiger partial charge in [0, 0.05) is 13.5 Å². The number of hydrogen-bond acceptors (Lipinski definition) is 2. The Kier molecular flexibility index (Phi) is 3.74. The molecule has 0 N–H and O–H groups in total. The van der Waals surface area contributed by atoms with Crippen molar-refractivity contribution in [2.75, 3.05) is 0 Å². The van der Waals surface area contributed by atoms with Crippen LogP contribution in [0.15, 0.2) is 24.3 Å². The molecule has 1 aromatic carbocycles. The Morgan fingerprint density at radius 2 is 2.00 bits per heavy atom. The van der Waals surface area contributed by atoms with Crippen molar-refractivity contribution in [1.82, 2.24) is 9.78 Å². The van der Waals surface area contributed by atoms with Crippen LogP contribution < -0.4 is 0 Å². The van der Waals surface area contributed by atoms with Crippen molar-refractivity contribution >= 4 is 5.78 Å². The molecule has 0 saturated heterocycles. The van der Waals surface area contributed by atoms with E-state index in [0.29, 0.717) is 11.3 Å². The number of aromatic nitrogens is 2. The van der Waals surface area contributed by atoms with Crippen molar-refractivity contribution in [3.05, 3.63) is 52.9 Å². The van der Waals surface area contributed by atoms with Crippen LogP contribution in [0.3, 0.4) is 0 Å². The summed E-state index contributed by atoms with van der Waals surface area (Å²) in [6.45, 7) is 1.95. The Bertz CT molecular complexity index is 620. The maximum Gasteiger partial charge on any atom is 0.185 e. The van der Waals surface area contributed by atoms with Gasteiger partial charge in [-0.3, -0.25) is 9.48 Å². The van der Waals surface area contributed by atoms with Gasteiger partial charge in [-0.1, -0.05) is 13.0 Å². The van der Waals surface area contributed by atoms with Crippen LogP contribution in [0, 0.1) is 11.6 Å². The monoisotopic (exact) mass is 264 g/mol. The maximum absolute atomic E-state index is 13.1. The van der Waals surface area contributed by atoms with Crippen molar-refractivity contribution < 1.29 is 13.6 Å². The number of halogens is 2. The zero-order chi connectivity index (χ0) is 14.0. The van der Waals surface area contributed by atoms with Gasteiger partial charge in [0.05, 0.1) is 5.69 Å². The van der Waals surface area contributed by atoms with Crippen molar-refractivity contribution in [2.45, 2.75) is 19.8 Å². The molecule has 1 aromatic heterocycles. The molecule has 0 amide bonds. The second-order valence-corrected chi connectivity index (χ2v) is 4.35. The van der Waals surface area contributed by atoms with Gasteiger partial charge >= 0.3 is 0 Å². The molecule has 0 saturated carbocycles. The second kappa shape index (κ2) is 5.30. The molecule has 0 fully saturated rings. The Balaban J connectivity index is 2.20. The predicted octanol–water partition coefficient (Wildman–Crippen LogP) is 2.69. The van der Waals surface area contributed by atoms with Crippen LogP contribution in [0.4, 0.5) is 8.78 Å². The molecule has 2 aromatic rings. The summed E-state index contributed by atoms with van der Waals surface area (Å²) in [5.74, 6) is -2.02. The fraction of sp³-hybridized carbons (Fsp3) is 0.286. The number of ketones is 1. The summed E-state index contributed by atoms with van der Waals surface area (Å²) in [5.41, 5.74) is 1.75. The molecule has 0 bridgehead atoms. The van der Waals surface area contributed by atoms with Crippen LogP contribution in [-0.4, -0.2) is 15.6 Å². The van der Waals surface area contributed by atoms with Gasteiger partial charge in [-0.05, 0) is 30.2 Å². The van der Waals surface area contributed by atoms with Crippen LogP contribution in [0.1, 0.15) is 28.7 Å². The average Bonchev–Trinajstić information content (AvgIpc) is 2.75. The van der Waals surface area contributed by atoms with Crippen LogP contribution >= 0.6 is 0 Å². The molecule has 100 valence electrons. The van der Waals surface area contributed by atoms with E-state index < -0.39 is 11.6 Å². The lowest BCUT2D eigenvalue weighted by atomic mass is 10.1. The van der Waals surface area contributed by atoms with Gasteiger partial charge in [0.15, 0.2) is 17.4 Å². The molecule has 0 aliphatic rings. The number of hydrogen-bond donors (Lipinski definition) is 0. The topological polar surface area (TPSA) is 34.9 Å². The van der Waals surface area contributed by atoms with Crippen molar-refractivity contribution in [3.63, 3.8) is 0 Å². The van der Waals surface area contributed by atoms with Crippen molar-refractivity contribution in [3.8, 4) is 0 Å². The highest BCUT2D eigenvalue weighted by Gasteiger charge is 2.14. The van der Waals surface area contributed by atoms with E-state index >= 15 is 0 Å². The van der Waals surface area contributed by atoms with E-state index in [4.69, 9.17) is 0 Å². The number of carbonyl (C=O) groups excluding carboxylic acids is 1. The number of rotatable bonds is 4. The smallest absolute Gasteiger partial charge is 0.185 e. The number of benzene rings is 1. The fourth-order valence-electron chi connectivity index (χ4n) is 1.89. The van der Waals surface area contributed by atoms with Gasteiger partial charge in [0.1, 0.15) is 5.69 Å². The molecule has 3 nitrogen and oxygen atoms in total. The van der Waals surface area contributed by atoms with Gasteiger partial charge in [-0.25, -0.2) is 8.78 Å². The molecule has 0 atom stereocenters.